The zero-order chi connectivity index (χ0) is 22.9. The molecule has 7 nitrogen and oxygen atoms in total. The van der Waals surface area contributed by atoms with E-state index < -0.39 is 6.04 Å². The third-order valence-corrected chi connectivity index (χ3v) is 5.57. The van der Waals surface area contributed by atoms with Crippen molar-refractivity contribution in [1.29, 1.82) is 0 Å². The summed E-state index contributed by atoms with van der Waals surface area (Å²) in [6, 6.07) is 12.7. The van der Waals surface area contributed by atoms with Crippen LogP contribution < -0.4 is 19.5 Å². The number of carbonyl (C=O) groups is 2. The molecule has 1 aliphatic heterocycles. The van der Waals surface area contributed by atoms with Crippen LogP contribution in [0.15, 0.2) is 42.5 Å². The van der Waals surface area contributed by atoms with E-state index in [-0.39, 0.29) is 18.6 Å². The SMILES string of the molecule is CCCCNC(=O)[C@@H](C)N(Cc1ccc(OC)cc1)C(=O)CCc1ccc2c(c1)OCO2. The molecule has 3 rings (SSSR count). The van der Waals surface area contributed by atoms with Crippen LogP contribution in [0.5, 0.6) is 17.2 Å². The summed E-state index contributed by atoms with van der Waals surface area (Å²) in [5.74, 6) is 1.96. The van der Waals surface area contributed by atoms with Gasteiger partial charge in [0.25, 0.3) is 0 Å². The highest BCUT2D eigenvalue weighted by Gasteiger charge is 2.26. The summed E-state index contributed by atoms with van der Waals surface area (Å²) in [4.78, 5) is 27.6. The fraction of sp³-hybridized carbons (Fsp3) is 0.440. The van der Waals surface area contributed by atoms with Crippen LogP contribution in [0.4, 0.5) is 0 Å². The van der Waals surface area contributed by atoms with Gasteiger partial charge in [0.2, 0.25) is 18.6 Å². The fourth-order valence-electron chi connectivity index (χ4n) is 3.54. The Hall–Kier alpha value is -3.22. The molecule has 0 aromatic heterocycles. The van der Waals surface area contributed by atoms with Crippen LogP contribution in [-0.2, 0) is 22.6 Å². The van der Waals surface area contributed by atoms with E-state index in [4.69, 9.17) is 14.2 Å². The third-order valence-electron chi connectivity index (χ3n) is 5.57. The number of hydrogen-bond acceptors (Lipinski definition) is 5. The van der Waals surface area contributed by atoms with Crippen LogP contribution in [0.3, 0.4) is 0 Å². The number of fused-ring (bicyclic) bond motifs is 1. The molecule has 0 spiro atoms. The van der Waals surface area contributed by atoms with E-state index in [0.717, 1.165) is 35.5 Å². The number of hydrogen-bond donors (Lipinski definition) is 1. The van der Waals surface area contributed by atoms with Gasteiger partial charge in [-0.15, -0.1) is 0 Å². The van der Waals surface area contributed by atoms with Crippen molar-refractivity contribution in [3.8, 4) is 17.2 Å². The molecule has 7 heteroatoms. The Morgan fingerprint density at radius 1 is 1.09 bits per heavy atom. The van der Waals surface area contributed by atoms with Crippen LogP contribution in [0, 0.1) is 0 Å². The molecule has 0 fully saturated rings. The van der Waals surface area contributed by atoms with E-state index in [9.17, 15) is 9.59 Å². The monoisotopic (exact) mass is 440 g/mol. The molecular weight excluding hydrogens is 408 g/mol. The van der Waals surface area contributed by atoms with Gasteiger partial charge >= 0.3 is 0 Å². The first-order chi connectivity index (χ1) is 15.5. The first kappa shape index (κ1) is 23.4. The lowest BCUT2D eigenvalue weighted by Crippen LogP contribution is -2.47. The molecule has 2 amide bonds. The van der Waals surface area contributed by atoms with Crippen LogP contribution >= 0.6 is 0 Å². The topological polar surface area (TPSA) is 77.1 Å². The Balaban J connectivity index is 1.69. The molecule has 2 aromatic rings. The number of methoxy groups -OCH3 is 1. The van der Waals surface area contributed by atoms with Gasteiger partial charge in [-0.25, -0.2) is 0 Å². The van der Waals surface area contributed by atoms with Gasteiger partial charge in [-0.3, -0.25) is 9.59 Å². The van der Waals surface area contributed by atoms with Crippen molar-refractivity contribution in [3.63, 3.8) is 0 Å². The summed E-state index contributed by atoms with van der Waals surface area (Å²) in [6.45, 7) is 5.04. The summed E-state index contributed by atoms with van der Waals surface area (Å²) in [5.41, 5.74) is 1.93. The van der Waals surface area contributed by atoms with Gasteiger partial charge in [-0.1, -0.05) is 31.5 Å². The van der Waals surface area contributed by atoms with E-state index in [2.05, 4.69) is 12.2 Å². The lowest BCUT2D eigenvalue weighted by molar-refractivity contribution is -0.140. The van der Waals surface area contributed by atoms with Gasteiger partial charge in [-0.2, -0.15) is 0 Å². The summed E-state index contributed by atoms with van der Waals surface area (Å²) in [5, 5.41) is 2.94. The first-order valence-corrected chi connectivity index (χ1v) is 11.1. The second-order valence-electron chi connectivity index (χ2n) is 7.88. The number of carbonyl (C=O) groups excluding carboxylic acids is 2. The maximum absolute atomic E-state index is 13.2. The zero-order valence-corrected chi connectivity index (χ0v) is 19.1. The molecule has 2 aromatic carbocycles. The van der Waals surface area contributed by atoms with Crippen molar-refractivity contribution in [3.05, 3.63) is 53.6 Å². The number of unbranched alkanes of at least 4 members (excludes halogenated alkanes) is 1. The Kier molecular flexibility index (Phi) is 8.36. The molecular formula is C25H32N2O5. The van der Waals surface area contributed by atoms with Crippen LogP contribution in [0.1, 0.15) is 44.2 Å². The third kappa shape index (κ3) is 6.15. The minimum atomic E-state index is -0.571. The number of aryl methyl sites for hydroxylation is 1. The number of rotatable bonds is 11. The van der Waals surface area contributed by atoms with Crippen LogP contribution in [-0.4, -0.2) is 43.2 Å². The summed E-state index contributed by atoms with van der Waals surface area (Å²) in [6.07, 6.45) is 2.76. The summed E-state index contributed by atoms with van der Waals surface area (Å²) in [7, 11) is 1.61. The molecule has 1 atom stereocenters. The Morgan fingerprint density at radius 3 is 2.53 bits per heavy atom. The predicted molar refractivity (Wildman–Crippen MR) is 122 cm³/mol. The maximum atomic E-state index is 13.2. The van der Waals surface area contributed by atoms with Gasteiger partial charge < -0.3 is 24.4 Å². The van der Waals surface area contributed by atoms with Gasteiger partial charge in [0.1, 0.15) is 11.8 Å². The van der Waals surface area contributed by atoms with Gasteiger partial charge in [0.05, 0.1) is 7.11 Å². The molecule has 32 heavy (non-hydrogen) atoms. The maximum Gasteiger partial charge on any atom is 0.242 e. The standard InChI is InChI=1S/C25H32N2O5/c1-4-5-14-26-25(29)18(2)27(16-20-6-10-21(30-3)11-7-20)24(28)13-9-19-8-12-22-23(15-19)32-17-31-22/h6-8,10-12,15,18H,4-5,9,13-14,16-17H2,1-3H3,(H,26,29)/t18-/m1/s1. The number of amides is 2. The van der Waals surface area contributed by atoms with Gasteiger partial charge in [0, 0.05) is 19.5 Å². The molecule has 0 bridgehead atoms. The van der Waals surface area contributed by atoms with E-state index in [1.807, 2.05) is 42.5 Å². The molecule has 172 valence electrons. The summed E-state index contributed by atoms with van der Waals surface area (Å²) < 4.78 is 16.0. The lowest BCUT2D eigenvalue weighted by Gasteiger charge is -2.29. The Bertz CT molecular complexity index is 913. The van der Waals surface area contributed by atoms with E-state index in [1.165, 1.54) is 0 Å². The second kappa shape index (κ2) is 11.4. The molecule has 0 aliphatic carbocycles. The summed E-state index contributed by atoms with van der Waals surface area (Å²) >= 11 is 0. The highest BCUT2D eigenvalue weighted by molar-refractivity contribution is 5.87. The van der Waals surface area contributed by atoms with Crippen molar-refractivity contribution in [2.75, 3.05) is 20.4 Å². The zero-order valence-electron chi connectivity index (χ0n) is 19.1. The fourth-order valence-corrected chi connectivity index (χ4v) is 3.54. The van der Waals surface area contributed by atoms with Crippen molar-refractivity contribution < 1.29 is 23.8 Å². The molecule has 1 N–H and O–H groups in total. The van der Waals surface area contributed by atoms with Crippen molar-refractivity contribution in [2.24, 2.45) is 0 Å². The lowest BCUT2D eigenvalue weighted by atomic mass is 10.1. The highest BCUT2D eigenvalue weighted by atomic mass is 16.7. The minimum absolute atomic E-state index is 0.0726. The number of nitrogens with one attached hydrogen (secondary N) is 1. The average molecular weight is 441 g/mol. The van der Waals surface area contributed by atoms with Crippen molar-refractivity contribution in [2.45, 2.75) is 52.1 Å². The molecule has 0 radical (unpaired) electrons. The van der Waals surface area contributed by atoms with Crippen LogP contribution in [0.25, 0.3) is 0 Å². The first-order valence-electron chi connectivity index (χ1n) is 11.1. The average Bonchev–Trinajstić information content (AvgIpc) is 3.29. The van der Waals surface area contributed by atoms with Crippen molar-refractivity contribution in [1.82, 2.24) is 10.2 Å². The second-order valence-corrected chi connectivity index (χ2v) is 7.88. The Morgan fingerprint density at radius 2 is 1.81 bits per heavy atom. The molecule has 1 aliphatic rings. The van der Waals surface area contributed by atoms with Crippen molar-refractivity contribution >= 4 is 11.8 Å². The minimum Gasteiger partial charge on any atom is -0.497 e. The smallest absolute Gasteiger partial charge is 0.242 e. The number of benzene rings is 2. The van der Waals surface area contributed by atoms with Gasteiger partial charge in [-0.05, 0) is 55.2 Å². The molecule has 0 saturated heterocycles. The van der Waals surface area contributed by atoms with Crippen LogP contribution in [0.2, 0.25) is 0 Å². The highest BCUT2D eigenvalue weighted by Crippen LogP contribution is 2.32. The largest absolute Gasteiger partial charge is 0.497 e. The van der Waals surface area contributed by atoms with E-state index >= 15 is 0 Å². The predicted octanol–water partition coefficient (Wildman–Crippen LogP) is 3.69. The van der Waals surface area contributed by atoms with E-state index in [0.29, 0.717) is 31.7 Å². The molecule has 0 unspecified atom stereocenters. The molecule has 1 heterocycles. The van der Waals surface area contributed by atoms with Gasteiger partial charge in [0.15, 0.2) is 11.5 Å². The number of ether oxygens (including phenoxy) is 3. The van der Waals surface area contributed by atoms with E-state index in [1.54, 1.807) is 18.9 Å². The molecule has 0 saturated carbocycles. The quantitative estimate of drug-likeness (QED) is 0.539. The normalized spacial score (nSPS) is 12.8. The Labute approximate surface area is 189 Å². The number of nitrogens with zero attached hydrogens (tertiary/aromatic N) is 1.